The summed E-state index contributed by atoms with van der Waals surface area (Å²) in [6.07, 6.45) is 5.13. The third-order valence-corrected chi connectivity index (χ3v) is 3.30. The fourth-order valence-corrected chi connectivity index (χ4v) is 1.93. The van der Waals surface area contributed by atoms with Gasteiger partial charge >= 0.3 is 0 Å². The molecule has 0 aliphatic rings. The molecule has 4 heteroatoms. The van der Waals surface area contributed by atoms with Crippen LogP contribution in [0.4, 0.5) is 0 Å². The monoisotopic (exact) mass is 257 g/mol. The zero-order chi connectivity index (χ0) is 13.7. The van der Waals surface area contributed by atoms with Crippen LogP contribution in [0.5, 0.6) is 0 Å². The summed E-state index contributed by atoms with van der Waals surface area (Å²) < 4.78 is 1.79. The molecule has 2 rings (SSSR count). The molecule has 1 heterocycles. The van der Waals surface area contributed by atoms with E-state index < -0.39 is 0 Å². The Morgan fingerprint density at radius 2 is 2.05 bits per heavy atom. The van der Waals surface area contributed by atoms with Gasteiger partial charge in [0.05, 0.1) is 6.33 Å². The molecule has 1 aromatic carbocycles. The lowest BCUT2D eigenvalue weighted by atomic mass is 10.0. The first-order chi connectivity index (χ1) is 9.18. The molecule has 0 unspecified atom stereocenters. The van der Waals surface area contributed by atoms with E-state index >= 15 is 0 Å². The van der Waals surface area contributed by atoms with E-state index in [1.165, 1.54) is 5.56 Å². The standard InChI is InChI=1S/C15H19N3O/c1-12(14-6-4-3-5-7-14)10-17-15(19)13(2)18-9-8-16-11-18/h3-9,11-13H,10H2,1-2H3,(H,17,19)/t12-,13+/m0/s1. The third-order valence-electron chi connectivity index (χ3n) is 3.30. The molecule has 4 nitrogen and oxygen atoms in total. The van der Waals surface area contributed by atoms with Crippen LogP contribution in [-0.2, 0) is 4.79 Å². The van der Waals surface area contributed by atoms with Crippen molar-refractivity contribution in [2.75, 3.05) is 6.54 Å². The van der Waals surface area contributed by atoms with E-state index in [0.29, 0.717) is 12.5 Å². The maximum absolute atomic E-state index is 12.0. The summed E-state index contributed by atoms with van der Waals surface area (Å²) in [5, 5.41) is 2.98. The lowest BCUT2D eigenvalue weighted by Gasteiger charge is -2.16. The van der Waals surface area contributed by atoms with Crippen molar-refractivity contribution in [1.82, 2.24) is 14.9 Å². The molecule has 0 aliphatic carbocycles. The minimum Gasteiger partial charge on any atom is -0.354 e. The molecule has 0 saturated heterocycles. The summed E-state index contributed by atoms with van der Waals surface area (Å²) in [4.78, 5) is 16.0. The van der Waals surface area contributed by atoms with Crippen LogP contribution in [0.25, 0.3) is 0 Å². The van der Waals surface area contributed by atoms with Gasteiger partial charge in [0.15, 0.2) is 0 Å². The lowest BCUT2D eigenvalue weighted by molar-refractivity contribution is -0.123. The van der Waals surface area contributed by atoms with Crippen molar-refractivity contribution in [3.05, 3.63) is 54.6 Å². The third kappa shape index (κ3) is 3.44. The van der Waals surface area contributed by atoms with Crippen molar-refractivity contribution in [3.8, 4) is 0 Å². The molecule has 0 spiro atoms. The van der Waals surface area contributed by atoms with Gasteiger partial charge in [-0.25, -0.2) is 4.98 Å². The largest absolute Gasteiger partial charge is 0.354 e. The van der Waals surface area contributed by atoms with Crippen LogP contribution in [0.15, 0.2) is 49.1 Å². The van der Waals surface area contributed by atoms with Crippen molar-refractivity contribution in [3.63, 3.8) is 0 Å². The Labute approximate surface area is 113 Å². The fraction of sp³-hybridized carbons (Fsp3) is 0.333. The van der Waals surface area contributed by atoms with Crippen LogP contribution < -0.4 is 5.32 Å². The number of carbonyl (C=O) groups excluding carboxylic acids is 1. The van der Waals surface area contributed by atoms with Crippen LogP contribution in [-0.4, -0.2) is 22.0 Å². The van der Waals surface area contributed by atoms with Crippen molar-refractivity contribution >= 4 is 5.91 Å². The maximum atomic E-state index is 12.0. The van der Waals surface area contributed by atoms with Gasteiger partial charge in [-0.15, -0.1) is 0 Å². The number of amides is 1. The van der Waals surface area contributed by atoms with Crippen LogP contribution >= 0.6 is 0 Å². The Morgan fingerprint density at radius 3 is 2.68 bits per heavy atom. The number of rotatable bonds is 5. The second-order valence-corrected chi connectivity index (χ2v) is 4.74. The zero-order valence-corrected chi connectivity index (χ0v) is 11.3. The summed E-state index contributed by atoms with van der Waals surface area (Å²) in [7, 11) is 0. The van der Waals surface area contributed by atoms with Gasteiger partial charge in [-0.1, -0.05) is 37.3 Å². The Balaban J connectivity index is 1.87. The summed E-state index contributed by atoms with van der Waals surface area (Å²) in [5.41, 5.74) is 1.23. The maximum Gasteiger partial charge on any atom is 0.242 e. The van der Waals surface area contributed by atoms with Gasteiger partial charge in [0.1, 0.15) is 6.04 Å². The highest BCUT2D eigenvalue weighted by Crippen LogP contribution is 2.13. The molecule has 100 valence electrons. The molecule has 0 aliphatic heterocycles. The van der Waals surface area contributed by atoms with Gasteiger partial charge in [-0.2, -0.15) is 0 Å². The number of carbonyl (C=O) groups is 1. The number of imidazole rings is 1. The molecular weight excluding hydrogens is 238 g/mol. The Kier molecular flexibility index (Phi) is 4.34. The number of hydrogen-bond acceptors (Lipinski definition) is 2. The highest BCUT2D eigenvalue weighted by atomic mass is 16.2. The minimum absolute atomic E-state index is 0.0146. The van der Waals surface area contributed by atoms with Gasteiger partial charge in [0.25, 0.3) is 0 Å². The van der Waals surface area contributed by atoms with Crippen LogP contribution in [0.2, 0.25) is 0 Å². The van der Waals surface area contributed by atoms with E-state index in [1.54, 1.807) is 23.3 Å². The van der Waals surface area contributed by atoms with Gasteiger partial charge < -0.3 is 9.88 Å². The summed E-state index contributed by atoms with van der Waals surface area (Å²) >= 11 is 0. The Hall–Kier alpha value is -2.10. The van der Waals surface area contributed by atoms with Crippen molar-refractivity contribution in [1.29, 1.82) is 0 Å². The number of nitrogens with zero attached hydrogens (tertiary/aromatic N) is 2. The normalized spacial score (nSPS) is 13.8. The van der Waals surface area contributed by atoms with Gasteiger partial charge in [-0.3, -0.25) is 4.79 Å². The molecule has 0 radical (unpaired) electrons. The highest BCUT2D eigenvalue weighted by Gasteiger charge is 2.15. The number of hydrogen-bond donors (Lipinski definition) is 1. The molecule has 0 bridgehead atoms. The predicted octanol–water partition coefficient (Wildman–Crippen LogP) is 2.36. The molecule has 2 aromatic rings. The van der Waals surface area contributed by atoms with Crippen LogP contribution in [0, 0.1) is 0 Å². The fourth-order valence-electron chi connectivity index (χ4n) is 1.93. The molecular formula is C15H19N3O. The lowest BCUT2D eigenvalue weighted by Crippen LogP contribution is -2.33. The average molecular weight is 257 g/mol. The molecule has 1 N–H and O–H groups in total. The smallest absolute Gasteiger partial charge is 0.242 e. The van der Waals surface area contributed by atoms with E-state index in [2.05, 4.69) is 29.4 Å². The first-order valence-electron chi connectivity index (χ1n) is 6.48. The van der Waals surface area contributed by atoms with E-state index in [0.717, 1.165) is 0 Å². The van der Waals surface area contributed by atoms with Gasteiger partial charge in [0, 0.05) is 18.9 Å². The van der Waals surface area contributed by atoms with Crippen molar-refractivity contribution in [2.45, 2.75) is 25.8 Å². The summed E-state index contributed by atoms with van der Waals surface area (Å²) in [5.74, 6) is 0.320. The Bertz CT molecular complexity index is 507. The Morgan fingerprint density at radius 1 is 1.32 bits per heavy atom. The zero-order valence-electron chi connectivity index (χ0n) is 11.3. The van der Waals surface area contributed by atoms with Crippen LogP contribution in [0.1, 0.15) is 31.4 Å². The first kappa shape index (κ1) is 13.3. The quantitative estimate of drug-likeness (QED) is 0.893. The molecule has 0 fully saturated rings. The topological polar surface area (TPSA) is 46.9 Å². The number of aromatic nitrogens is 2. The van der Waals surface area contributed by atoms with Crippen molar-refractivity contribution < 1.29 is 4.79 Å². The second-order valence-electron chi connectivity index (χ2n) is 4.74. The summed E-state index contributed by atoms with van der Waals surface area (Å²) in [6.45, 7) is 4.61. The molecule has 1 aromatic heterocycles. The van der Waals surface area contributed by atoms with Gasteiger partial charge in [0.2, 0.25) is 5.91 Å². The molecule has 0 saturated carbocycles. The highest BCUT2D eigenvalue weighted by molar-refractivity contribution is 5.79. The number of nitrogens with one attached hydrogen (secondary N) is 1. The molecule has 2 atom stereocenters. The van der Waals surface area contributed by atoms with Crippen molar-refractivity contribution in [2.24, 2.45) is 0 Å². The van der Waals surface area contributed by atoms with E-state index in [-0.39, 0.29) is 11.9 Å². The first-order valence-corrected chi connectivity index (χ1v) is 6.48. The molecule has 19 heavy (non-hydrogen) atoms. The second kappa shape index (κ2) is 6.18. The van der Waals surface area contributed by atoms with Crippen LogP contribution in [0.3, 0.4) is 0 Å². The summed E-state index contributed by atoms with van der Waals surface area (Å²) in [6, 6.07) is 9.96. The van der Waals surface area contributed by atoms with E-state index in [4.69, 9.17) is 0 Å². The average Bonchev–Trinajstić information content (AvgIpc) is 2.98. The minimum atomic E-state index is -0.231. The molecule has 1 amide bonds. The predicted molar refractivity (Wildman–Crippen MR) is 74.8 cm³/mol. The van der Waals surface area contributed by atoms with E-state index in [9.17, 15) is 4.79 Å². The van der Waals surface area contributed by atoms with Gasteiger partial charge in [-0.05, 0) is 18.4 Å². The van der Waals surface area contributed by atoms with E-state index in [1.807, 2.05) is 25.1 Å². The SMILES string of the molecule is C[C@H](C(=O)NC[C@H](C)c1ccccc1)n1ccnc1. The number of benzene rings is 1.